The Morgan fingerprint density at radius 3 is 2.77 bits per heavy atom. The van der Waals surface area contributed by atoms with Gasteiger partial charge in [-0.2, -0.15) is 0 Å². The lowest BCUT2D eigenvalue weighted by atomic mass is 10.00. The molecule has 0 bridgehead atoms. The van der Waals surface area contributed by atoms with Gasteiger partial charge in [-0.15, -0.1) is 0 Å². The van der Waals surface area contributed by atoms with Crippen LogP contribution in [0.1, 0.15) is 42.5 Å². The summed E-state index contributed by atoms with van der Waals surface area (Å²) in [6.07, 6.45) is -0.00106. The number of amides is 1. The van der Waals surface area contributed by atoms with E-state index < -0.39 is 17.7 Å². The van der Waals surface area contributed by atoms with Crippen LogP contribution in [0.4, 0.5) is 0 Å². The minimum atomic E-state index is -1.06. The van der Waals surface area contributed by atoms with E-state index in [0.29, 0.717) is 17.6 Å². The van der Waals surface area contributed by atoms with Crippen molar-refractivity contribution in [2.45, 2.75) is 32.0 Å². The summed E-state index contributed by atoms with van der Waals surface area (Å²) in [7, 11) is 0. The van der Waals surface area contributed by atoms with Gasteiger partial charge in [0.25, 0.3) is 0 Å². The third kappa shape index (κ3) is 2.21. The standard InChI is InChI=1S/C16H17N3O3/c1-3-16(2)15(22)18-13(19-16)12-10(14(20)21)8-9-6-4-5-7-11(9)17-12/h4-8,13,19H,3H2,1-2H3,(H,18,22)(H,20,21). The molecular formula is C16H17N3O3. The summed E-state index contributed by atoms with van der Waals surface area (Å²) in [5.74, 6) is -1.21. The molecule has 1 aromatic heterocycles. The number of fused-ring (bicyclic) bond motifs is 1. The van der Waals surface area contributed by atoms with E-state index in [2.05, 4.69) is 15.6 Å². The molecule has 0 radical (unpaired) electrons. The second-order valence-corrected chi connectivity index (χ2v) is 5.66. The Hall–Kier alpha value is -2.47. The molecule has 2 aromatic rings. The molecular weight excluding hydrogens is 282 g/mol. The number of hydrogen-bond donors (Lipinski definition) is 3. The summed E-state index contributed by atoms with van der Waals surface area (Å²) < 4.78 is 0. The summed E-state index contributed by atoms with van der Waals surface area (Å²) in [4.78, 5) is 28.1. The maximum absolute atomic E-state index is 12.1. The minimum absolute atomic E-state index is 0.0943. The van der Waals surface area contributed by atoms with Crippen LogP contribution in [0.2, 0.25) is 0 Å². The summed E-state index contributed by atoms with van der Waals surface area (Å²) in [5.41, 5.74) is 0.408. The second kappa shape index (κ2) is 5.06. The van der Waals surface area contributed by atoms with Crippen molar-refractivity contribution >= 4 is 22.8 Å². The fraction of sp³-hybridized carbons (Fsp3) is 0.312. The Morgan fingerprint density at radius 2 is 2.14 bits per heavy atom. The largest absolute Gasteiger partial charge is 0.478 e. The molecule has 114 valence electrons. The van der Waals surface area contributed by atoms with Gasteiger partial charge in [0.1, 0.15) is 6.17 Å². The lowest BCUT2D eigenvalue weighted by Gasteiger charge is -2.20. The van der Waals surface area contributed by atoms with E-state index in [1.165, 1.54) is 0 Å². The number of pyridine rings is 1. The summed E-state index contributed by atoms with van der Waals surface area (Å²) in [6, 6.07) is 8.90. The molecule has 2 atom stereocenters. The Kier molecular flexibility index (Phi) is 3.33. The molecule has 0 aliphatic carbocycles. The molecule has 1 aromatic carbocycles. The first kappa shape index (κ1) is 14.5. The number of carboxylic acid groups (broad SMARTS) is 1. The van der Waals surface area contributed by atoms with Gasteiger partial charge in [-0.3, -0.25) is 10.1 Å². The van der Waals surface area contributed by atoms with E-state index in [9.17, 15) is 14.7 Å². The molecule has 0 spiro atoms. The highest BCUT2D eigenvalue weighted by atomic mass is 16.4. The second-order valence-electron chi connectivity index (χ2n) is 5.66. The normalized spacial score (nSPS) is 24.5. The topological polar surface area (TPSA) is 91.3 Å². The van der Waals surface area contributed by atoms with E-state index in [-0.39, 0.29) is 11.5 Å². The molecule has 1 saturated heterocycles. The predicted octanol–water partition coefficient (Wildman–Crippen LogP) is 1.82. The smallest absolute Gasteiger partial charge is 0.337 e. The summed E-state index contributed by atoms with van der Waals surface area (Å²) >= 11 is 0. The van der Waals surface area contributed by atoms with Crippen LogP contribution >= 0.6 is 0 Å². The molecule has 6 heteroatoms. The van der Waals surface area contributed by atoms with Crippen LogP contribution in [0.15, 0.2) is 30.3 Å². The number of nitrogens with zero attached hydrogens (tertiary/aromatic N) is 1. The number of aromatic nitrogens is 1. The average molecular weight is 299 g/mol. The zero-order valence-electron chi connectivity index (χ0n) is 12.4. The maximum Gasteiger partial charge on any atom is 0.337 e. The summed E-state index contributed by atoms with van der Waals surface area (Å²) in [6.45, 7) is 3.70. The number of para-hydroxylation sites is 1. The van der Waals surface area contributed by atoms with Crippen LogP contribution < -0.4 is 10.6 Å². The van der Waals surface area contributed by atoms with Crippen molar-refractivity contribution in [1.82, 2.24) is 15.6 Å². The SMILES string of the molecule is CCC1(C)NC(c2nc3ccccc3cc2C(=O)O)NC1=O. The zero-order chi connectivity index (χ0) is 15.9. The van der Waals surface area contributed by atoms with Gasteiger partial charge in [0.05, 0.1) is 22.3 Å². The van der Waals surface area contributed by atoms with Crippen molar-refractivity contribution in [3.8, 4) is 0 Å². The quantitative estimate of drug-likeness (QED) is 0.804. The molecule has 0 saturated carbocycles. The number of aromatic carboxylic acids is 1. The first-order valence-electron chi connectivity index (χ1n) is 7.16. The summed E-state index contributed by atoms with van der Waals surface area (Å²) in [5, 5.41) is 16.2. The van der Waals surface area contributed by atoms with Crippen molar-refractivity contribution < 1.29 is 14.7 Å². The number of carbonyl (C=O) groups is 2. The van der Waals surface area contributed by atoms with Gasteiger partial charge in [0.15, 0.2) is 0 Å². The van der Waals surface area contributed by atoms with E-state index in [0.717, 1.165) is 5.39 Å². The number of rotatable bonds is 3. The molecule has 1 amide bonds. The number of benzene rings is 1. The van der Waals surface area contributed by atoms with Gasteiger partial charge in [-0.05, 0) is 25.5 Å². The van der Waals surface area contributed by atoms with Crippen molar-refractivity contribution in [2.75, 3.05) is 0 Å². The van der Waals surface area contributed by atoms with Crippen LogP contribution in [-0.2, 0) is 4.79 Å². The van der Waals surface area contributed by atoms with Crippen molar-refractivity contribution in [3.63, 3.8) is 0 Å². The first-order chi connectivity index (χ1) is 10.4. The van der Waals surface area contributed by atoms with Gasteiger partial charge in [-0.25, -0.2) is 9.78 Å². The van der Waals surface area contributed by atoms with Crippen molar-refractivity contribution in [1.29, 1.82) is 0 Å². The first-order valence-corrected chi connectivity index (χ1v) is 7.16. The van der Waals surface area contributed by atoms with Gasteiger partial charge >= 0.3 is 5.97 Å². The Balaban J connectivity index is 2.12. The highest BCUT2D eigenvalue weighted by Gasteiger charge is 2.42. The van der Waals surface area contributed by atoms with Gasteiger partial charge in [-0.1, -0.05) is 25.1 Å². The lowest BCUT2D eigenvalue weighted by molar-refractivity contribution is -0.123. The highest BCUT2D eigenvalue weighted by Crippen LogP contribution is 2.27. The lowest BCUT2D eigenvalue weighted by Crippen LogP contribution is -2.42. The predicted molar refractivity (Wildman–Crippen MR) is 81.4 cm³/mol. The molecule has 3 N–H and O–H groups in total. The molecule has 1 aliphatic rings. The maximum atomic E-state index is 12.1. The van der Waals surface area contributed by atoms with Gasteiger partial charge in [0, 0.05) is 5.39 Å². The van der Waals surface area contributed by atoms with Crippen LogP contribution in [0, 0.1) is 0 Å². The number of carbonyl (C=O) groups excluding carboxylic acids is 1. The fourth-order valence-corrected chi connectivity index (χ4v) is 2.63. The molecule has 6 nitrogen and oxygen atoms in total. The third-order valence-electron chi connectivity index (χ3n) is 4.20. The number of carboxylic acids is 1. The molecule has 1 aliphatic heterocycles. The van der Waals surface area contributed by atoms with E-state index in [1.54, 1.807) is 13.0 Å². The highest BCUT2D eigenvalue weighted by molar-refractivity contribution is 5.95. The zero-order valence-corrected chi connectivity index (χ0v) is 12.4. The molecule has 3 rings (SSSR count). The van der Waals surface area contributed by atoms with Gasteiger partial charge < -0.3 is 10.4 Å². The molecule has 22 heavy (non-hydrogen) atoms. The number of hydrogen-bond acceptors (Lipinski definition) is 4. The van der Waals surface area contributed by atoms with Crippen LogP contribution in [0.3, 0.4) is 0 Å². The monoisotopic (exact) mass is 299 g/mol. The number of nitrogens with one attached hydrogen (secondary N) is 2. The Morgan fingerprint density at radius 1 is 1.41 bits per heavy atom. The molecule has 2 unspecified atom stereocenters. The average Bonchev–Trinajstić information content (AvgIpc) is 2.82. The van der Waals surface area contributed by atoms with Crippen LogP contribution in [0.25, 0.3) is 10.9 Å². The van der Waals surface area contributed by atoms with Crippen molar-refractivity contribution in [2.24, 2.45) is 0 Å². The van der Waals surface area contributed by atoms with Crippen LogP contribution in [0.5, 0.6) is 0 Å². The molecule has 1 fully saturated rings. The third-order valence-corrected chi connectivity index (χ3v) is 4.20. The van der Waals surface area contributed by atoms with Gasteiger partial charge in [0.2, 0.25) is 5.91 Å². The fourth-order valence-electron chi connectivity index (χ4n) is 2.63. The van der Waals surface area contributed by atoms with Crippen LogP contribution in [-0.4, -0.2) is 27.5 Å². The van der Waals surface area contributed by atoms with E-state index in [1.807, 2.05) is 31.2 Å². The van der Waals surface area contributed by atoms with Crippen molar-refractivity contribution in [3.05, 3.63) is 41.6 Å². The Bertz CT molecular complexity index is 774. The Labute approximate surface area is 127 Å². The minimum Gasteiger partial charge on any atom is -0.478 e. The molecule has 2 heterocycles. The van der Waals surface area contributed by atoms with E-state index >= 15 is 0 Å². The van der Waals surface area contributed by atoms with E-state index in [4.69, 9.17) is 0 Å².